The van der Waals surface area contributed by atoms with Crippen molar-refractivity contribution in [3.8, 4) is 5.75 Å². The van der Waals surface area contributed by atoms with Gasteiger partial charge in [-0.1, -0.05) is 12.1 Å². The van der Waals surface area contributed by atoms with E-state index in [1.165, 1.54) is 6.42 Å². The molecule has 1 heterocycles. The van der Waals surface area contributed by atoms with E-state index in [0.29, 0.717) is 30.4 Å². The summed E-state index contributed by atoms with van der Waals surface area (Å²) in [7, 11) is 3.59. The Balaban J connectivity index is 2.05. The Kier molecular flexibility index (Phi) is 6.68. The second-order valence-electron chi connectivity index (χ2n) is 5.65. The standard InChI is InChI=1S/C17H26N2O3/c1-18-12-14-6-5-9-19(13-14)17(20)15-7-3-4-8-16(15)22-11-10-21-2/h3-4,7-8,14,18H,5-6,9-13H2,1-2H3/t14-/m1/s1. The fourth-order valence-electron chi connectivity index (χ4n) is 2.88. The first-order chi connectivity index (χ1) is 10.8. The molecule has 2 rings (SSSR count). The highest BCUT2D eigenvalue weighted by atomic mass is 16.5. The quantitative estimate of drug-likeness (QED) is 0.780. The monoisotopic (exact) mass is 306 g/mol. The number of para-hydroxylation sites is 1. The van der Waals surface area contributed by atoms with Crippen LogP contribution in [0.5, 0.6) is 5.75 Å². The zero-order valence-electron chi connectivity index (χ0n) is 13.5. The van der Waals surface area contributed by atoms with Crippen LogP contribution in [0, 0.1) is 5.92 Å². The minimum Gasteiger partial charge on any atom is -0.490 e. The molecule has 1 aliphatic heterocycles. The molecule has 1 aliphatic rings. The van der Waals surface area contributed by atoms with E-state index in [1.807, 2.05) is 36.2 Å². The minimum absolute atomic E-state index is 0.0637. The van der Waals surface area contributed by atoms with Crippen molar-refractivity contribution in [2.75, 3.05) is 47.0 Å². The van der Waals surface area contributed by atoms with Gasteiger partial charge in [-0.2, -0.15) is 0 Å². The fourth-order valence-corrected chi connectivity index (χ4v) is 2.88. The lowest BCUT2D eigenvalue weighted by Crippen LogP contribution is -2.42. The van der Waals surface area contributed by atoms with E-state index in [2.05, 4.69) is 5.32 Å². The van der Waals surface area contributed by atoms with Gasteiger partial charge in [-0.25, -0.2) is 0 Å². The summed E-state index contributed by atoms with van der Waals surface area (Å²) in [4.78, 5) is 14.7. The molecule has 22 heavy (non-hydrogen) atoms. The number of rotatable bonds is 7. The number of hydrogen-bond acceptors (Lipinski definition) is 4. The van der Waals surface area contributed by atoms with Gasteiger partial charge in [0.1, 0.15) is 12.4 Å². The first-order valence-corrected chi connectivity index (χ1v) is 7.91. The molecular weight excluding hydrogens is 280 g/mol. The number of hydrogen-bond donors (Lipinski definition) is 1. The predicted molar refractivity (Wildman–Crippen MR) is 86.4 cm³/mol. The smallest absolute Gasteiger partial charge is 0.257 e. The van der Waals surface area contributed by atoms with Crippen LogP contribution in [0.4, 0.5) is 0 Å². The first-order valence-electron chi connectivity index (χ1n) is 7.91. The maximum absolute atomic E-state index is 12.8. The second kappa shape index (κ2) is 8.76. The Morgan fingerprint density at radius 2 is 2.18 bits per heavy atom. The van der Waals surface area contributed by atoms with Crippen molar-refractivity contribution in [3.63, 3.8) is 0 Å². The van der Waals surface area contributed by atoms with Gasteiger partial charge in [0, 0.05) is 20.2 Å². The van der Waals surface area contributed by atoms with E-state index < -0.39 is 0 Å². The maximum atomic E-state index is 12.8. The van der Waals surface area contributed by atoms with Crippen LogP contribution in [0.15, 0.2) is 24.3 Å². The number of methoxy groups -OCH3 is 1. The van der Waals surface area contributed by atoms with Gasteiger partial charge < -0.3 is 19.7 Å². The van der Waals surface area contributed by atoms with Gasteiger partial charge in [-0.05, 0) is 44.5 Å². The molecule has 0 aliphatic carbocycles. The van der Waals surface area contributed by atoms with E-state index in [1.54, 1.807) is 7.11 Å². The Hall–Kier alpha value is -1.59. The third-order valence-corrected chi connectivity index (χ3v) is 3.96. The van der Waals surface area contributed by atoms with Crippen molar-refractivity contribution in [1.29, 1.82) is 0 Å². The van der Waals surface area contributed by atoms with E-state index >= 15 is 0 Å². The molecule has 0 saturated carbocycles. The number of carbonyl (C=O) groups excluding carboxylic acids is 1. The summed E-state index contributed by atoms with van der Waals surface area (Å²) >= 11 is 0. The number of nitrogens with zero attached hydrogens (tertiary/aromatic N) is 1. The van der Waals surface area contributed by atoms with E-state index in [0.717, 1.165) is 26.1 Å². The third kappa shape index (κ3) is 4.45. The minimum atomic E-state index is 0.0637. The van der Waals surface area contributed by atoms with Gasteiger partial charge in [0.05, 0.1) is 12.2 Å². The summed E-state index contributed by atoms with van der Waals surface area (Å²) in [5, 5.41) is 3.21. The van der Waals surface area contributed by atoms with E-state index in [-0.39, 0.29) is 5.91 Å². The first kappa shape index (κ1) is 16.8. The molecule has 1 N–H and O–H groups in total. The molecule has 1 saturated heterocycles. The number of ether oxygens (including phenoxy) is 2. The third-order valence-electron chi connectivity index (χ3n) is 3.96. The number of piperidine rings is 1. The van der Waals surface area contributed by atoms with Gasteiger partial charge in [-0.3, -0.25) is 4.79 Å². The zero-order chi connectivity index (χ0) is 15.8. The Bertz CT molecular complexity index is 477. The molecule has 0 radical (unpaired) electrons. The summed E-state index contributed by atoms with van der Waals surface area (Å²) in [5.74, 6) is 1.23. The van der Waals surface area contributed by atoms with Gasteiger partial charge in [0.15, 0.2) is 0 Å². The predicted octanol–water partition coefficient (Wildman–Crippen LogP) is 1.78. The zero-order valence-corrected chi connectivity index (χ0v) is 13.5. The number of nitrogens with one attached hydrogen (secondary N) is 1. The van der Waals surface area contributed by atoms with Gasteiger partial charge in [0.2, 0.25) is 0 Å². The van der Waals surface area contributed by atoms with Gasteiger partial charge in [-0.15, -0.1) is 0 Å². The molecule has 1 amide bonds. The number of benzene rings is 1. The van der Waals surface area contributed by atoms with Crippen LogP contribution in [-0.2, 0) is 4.74 Å². The Morgan fingerprint density at radius 3 is 2.95 bits per heavy atom. The van der Waals surface area contributed by atoms with Gasteiger partial charge in [0.25, 0.3) is 5.91 Å². The van der Waals surface area contributed by atoms with Crippen molar-refractivity contribution in [2.24, 2.45) is 5.92 Å². The van der Waals surface area contributed by atoms with Crippen LogP contribution in [0.3, 0.4) is 0 Å². The van der Waals surface area contributed by atoms with Crippen molar-refractivity contribution >= 4 is 5.91 Å². The van der Waals surface area contributed by atoms with Crippen molar-refractivity contribution in [3.05, 3.63) is 29.8 Å². The summed E-state index contributed by atoms with van der Waals surface area (Å²) in [5.41, 5.74) is 0.642. The lowest BCUT2D eigenvalue weighted by atomic mass is 9.97. The van der Waals surface area contributed by atoms with Crippen LogP contribution in [0.25, 0.3) is 0 Å². The normalized spacial score (nSPS) is 18.3. The lowest BCUT2D eigenvalue weighted by molar-refractivity contribution is 0.0667. The van der Waals surface area contributed by atoms with Crippen LogP contribution in [-0.4, -0.2) is 57.8 Å². The number of carbonyl (C=O) groups is 1. The molecule has 1 aromatic rings. The molecular formula is C17H26N2O3. The number of likely N-dealkylation sites (tertiary alicyclic amines) is 1. The Labute approximate surface area is 132 Å². The molecule has 5 heteroatoms. The molecule has 0 aromatic heterocycles. The molecule has 1 aromatic carbocycles. The number of amides is 1. The van der Waals surface area contributed by atoms with E-state index in [4.69, 9.17) is 9.47 Å². The highest BCUT2D eigenvalue weighted by molar-refractivity contribution is 5.97. The van der Waals surface area contributed by atoms with Crippen LogP contribution < -0.4 is 10.1 Å². The molecule has 0 unspecified atom stereocenters. The average molecular weight is 306 g/mol. The maximum Gasteiger partial charge on any atom is 0.257 e. The van der Waals surface area contributed by atoms with E-state index in [9.17, 15) is 4.79 Å². The van der Waals surface area contributed by atoms with Gasteiger partial charge >= 0.3 is 0 Å². The summed E-state index contributed by atoms with van der Waals surface area (Å²) in [6.07, 6.45) is 2.24. The summed E-state index contributed by atoms with van der Waals surface area (Å²) in [6, 6.07) is 7.45. The largest absolute Gasteiger partial charge is 0.490 e. The summed E-state index contributed by atoms with van der Waals surface area (Å²) in [6.45, 7) is 3.55. The van der Waals surface area contributed by atoms with Crippen molar-refractivity contribution in [2.45, 2.75) is 12.8 Å². The average Bonchev–Trinajstić information content (AvgIpc) is 2.55. The molecule has 1 atom stereocenters. The molecule has 0 spiro atoms. The molecule has 122 valence electrons. The highest BCUT2D eigenvalue weighted by Gasteiger charge is 2.25. The lowest BCUT2D eigenvalue weighted by Gasteiger charge is -2.33. The molecule has 1 fully saturated rings. The van der Waals surface area contributed by atoms with Crippen LogP contribution in [0.1, 0.15) is 23.2 Å². The Morgan fingerprint density at radius 1 is 1.36 bits per heavy atom. The second-order valence-corrected chi connectivity index (χ2v) is 5.65. The SMILES string of the molecule is CNC[C@H]1CCCN(C(=O)c2ccccc2OCCOC)C1. The summed E-state index contributed by atoms with van der Waals surface area (Å²) < 4.78 is 10.7. The fraction of sp³-hybridized carbons (Fsp3) is 0.588. The molecule has 0 bridgehead atoms. The molecule has 5 nitrogen and oxygen atoms in total. The van der Waals surface area contributed by atoms with Crippen LogP contribution >= 0.6 is 0 Å². The highest BCUT2D eigenvalue weighted by Crippen LogP contribution is 2.23. The van der Waals surface area contributed by atoms with Crippen molar-refractivity contribution < 1.29 is 14.3 Å². The topological polar surface area (TPSA) is 50.8 Å². The van der Waals surface area contributed by atoms with Crippen LogP contribution in [0.2, 0.25) is 0 Å². The van der Waals surface area contributed by atoms with Crippen molar-refractivity contribution in [1.82, 2.24) is 10.2 Å².